The molecule has 0 radical (unpaired) electrons. The Kier molecular flexibility index (Phi) is 31.0. The Morgan fingerprint density at radius 3 is 1.43 bits per heavy atom. The Bertz CT molecular complexity index is 3360. The number of nitrogens with zero attached hydrogens (tertiary/aromatic N) is 5. The highest BCUT2D eigenvalue weighted by Gasteiger charge is 2.56. The van der Waals surface area contributed by atoms with E-state index in [-0.39, 0.29) is 60.1 Å². The Morgan fingerprint density at radius 2 is 1.04 bits per heavy atom. The molecule has 0 bridgehead atoms. The van der Waals surface area contributed by atoms with Gasteiger partial charge in [-0.25, -0.2) is 9.59 Å². The fourth-order valence-electron chi connectivity index (χ4n) is 13.8. The minimum atomic E-state index is -0.854. The van der Waals surface area contributed by atoms with E-state index in [1.165, 1.54) is 55.9 Å². The van der Waals surface area contributed by atoms with Gasteiger partial charge in [-0.1, -0.05) is 119 Å². The van der Waals surface area contributed by atoms with E-state index in [0.717, 1.165) is 112 Å². The summed E-state index contributed by atoms with van der Waals surface area (Å²) in [5.74, 6) is 1.73. The molecule has 1 spiro atoms. The van der Waals surface area contributed by atoms with E-state index in [2.05, 4.69) is 32.7 Å². The Hall–Kier alpha value is -7.68. The zero-order chi connectivity index (χ0) is 74.7. The van der Waals surface area contributed by atoms with E-state index in [1.54, 1.807) is 0 Å². The Morgan fingerprint density at radius 1 is 0.640 bits per heavy atom. The van der Waals surface area contributed by atoms with Crippen LogP contribution in [0.3, 0.4) is 0 Å². The average Bonchev–Trinajstić information content (AvgIpc) is 1.61. The van der Waals surface area contributed by atoms with Crippen LogP contribution < -0.4 is 24.8 Å². The molecule has 3 aliphatic heterocycles. The minimum Gasteiger partial charge on any atom is -0.490 e. The van der Waals surface area contributed by atoms with Gasteiger partial charge in [0, 0.05) is 49.8 Å². The summed E-state index contributed by atoms with van der Waals surface area (Å²) in [5, 5.41) is 33.6. The first kappa shape index (κ1) is 83.0. The zero-order valence-electron chi connectivity index (χ0n) is 63.4. The summed E-state index contributed by atoms with van der Waals surface area (Å²) in [6, 6.07) is 8.66. The number of rotatable bonds is 19. The quantitative estimate of drug-likeness (QED) is 0.0286. The number of hydrogen-bond donors (Lipinski definition) is 4. The molecular weight excluding hydrogens is 1290 g/mol. The van der Waals surface area contributed by atoms with Gasteiger partial charge in [-0.05, 0) is 207 Å². The van der Waals surface area contributed by atoms with Crippen LogP contribution in [0.2, 0.25) is 0 Å². The number of esters is 2. The lowest BCUT2D eigenvalue weighted by Gasteiger charge is -2.35. The summed E-state index contributed by atoms with van der Waals surface area (Å²) < 4.78 is 27.4. The lowest BCUT2D eigenvalue weighted by atomic mass is 9.84. The summed E-state index contributed by atoms with van der Waals surface area (Å²) in [4.78, 5) is 87.3. The largest absolute Gasteiger partial charge is 0.490 e. The molecule has 3 aromatic carbocycles. The molecule has 5 aliphatic rings. The molecule has 2 saturated heterocycles. The molecule has 4 fully saturated rings. The van der Waals surface area contributed by atoms with Gasteiger partial charge >= 0.3 is 11.9 Å². The van der Waals surface area contributed by atoms with Gasteiger partial charge in [0.25, 0.3) is 0 Å². The second-order valence-electron chi connectivity index (χ2n) is 30.8. The van der Waals surface area contributed by atoms with Crippen molar-refractivity contribution in [1.82, 2.24) is 20.4 Å². The second kappa shape index (κ2) is 37.3. The maximum atomic E-state index is 14.2. The molecule has 8 rings (SSSR count). The van der Waals surface area contributed by atoms with Gasteiger partial charge in [0.05, 0.1) is 51.0 Å². The van der Waals surface area contributed by atoms with Gasteiger partial charge in [-0.15, -0.1) is 0 Å². The fourth-order valence-corrected chi connectivity index (χ4v) is 13.9. The van der Waals surface area contributed by atoms with Crippen LogP contribution in [-0.2, 0) is 43.1 Å². The van der Waals surface area contributed by atoms with Crippen molar-refractivity contribution in [3.63, 3.8) is 0 Å². The summed E-state index contributed by atoms with van der Waals surface area (Å²) in [6.07, 6.45) is 15.2. The molecule has 3 aromatic rings. The molecule has 4 amide bonds. The number of halogens is 1. The van der Waals surface area contributed by atoms with E-state index >= 15 is 0 Å². The van der Waals surface area contributed by atoms with Crippen molar-refractivity contribution < 1.29 is 67.7 Å². The second-order valence-corrected chi connectivity index (χ2v) is 31.2. The molecule has 22 heteroatoms. The molecule has 0 unspecified atom stereocenters. The van der Waals surface area contributed by atoms with Crippen LogP contribution in [0, 0.1) is 64.2 Å². The van der Waals surface area contributed by atoms with Crippen molar-refractivity contribution in [3.8, 4) is 17.2 Å². The highest BCUT2D eigenvalue weighted by atomic mass is 35.5. The molecule has 5 atom stereocenters. The maximum absolute atomic E-state index is 14.2. The van der Waals surface area contributed by atoms with Gasteiger partial charge in [-0.2, -0.15) is 0 Å². The fraction of sp³-hybridized carbons (Fsp3) is 0.628. The normalized spacial score (nSPS) is 19.5. The molecule has 4 N–H and O–H groups in total. The topological polar surface area (TPSA) is 266 Å². The first-order valence-electron chi connectivity index (χ1n) is 35.5. The van der Waals surface area contributed by atoms with E-state index in [1.807, 2.05) is 161 Å². The van der Waals surface area contributed by atoms with Crippen LogP contribution >= 0.6 is 11.6 Å². The number of carbonyl (C=O) groups is 6. The van der Waals surface area contributed by atoms with E-state index in [4.69, 9.17) is 50.5 Å². The SMILES string of the molecule is C=C1C[C@@H](C(=O)OC)N(C(=O)[C@@H](NC(=O)CC2CCCCC2)C(C)(C)C)C1.COC(=O)[C@@H]1C[C@]2(CC(c3cc(C)c(OC(C)C)c(C)c3)=NO2)CN1C(=O)[C@@H](NC(=O)CC1CCCCC1)C(C)(C)C.Cc1cc(/C(Cl)=N/O)cc(C)c1OC(C)C.Cc1cc(/C=N/O)cc(C)c1OC(C)C. The van der Waals surface area contributed by atoms with Crippen LogP contribution in [0.1, 0.15) is 229 Å². The maximum Gasteiger partial charge on any atom is 0.328 e. The van der Waals surface area contributed by atoms with E-state index in [0.29, 0.717) is 49.6 Å². The molecule has 2 saturated carbocycles. The first-order chi connectivity index (χ1) is 46.8. The number of methoxy groups -OCH3 is 2. The molecule has 100 heavy (non-hydrogen) atoms. The predicted molar refractivity (Wildman–Crippen MR) is 392 cm³/mol. The summed E-state index contributed by atoms with van der Waals surface area (Å²) in [6.45, 7) is 39.8. The number of likely N-dealkylation sites (tertiary alicyclic amines) is 2. The minimum absolute atomic E-state index is 0.0647. The number of ether oxygens (including phenoxy) is 5. The highest BCUT2D eigenvalue weighted by molar-refractivity contribution is 6.69. The van der Waals surface area contributed by atoms with Crippen molar-refractivity contribution in [2.24, 2.45) is 38.1 Å². The molecule has 21 nitrogen and oxygen atoms in total. The first-order valence-corrected chi connectivity index (χ1v) is 35.9. The van der Waals surface area contributed by atoms with E-state index in [9.17, 15) is 28.8 Å². The number of nitrogens with one attached hydrogen (secondary N) is 2. The summed E-state index contributed by atoms with van der Waals surface area (Å²) >= 11 is 5.75. The highest BCUT2D eigenvalue weighted by Crippen LogP contribution is 2.42. The van der Waals surface area contributed by atoms with Crippen LogP contribution in [0.4, 0.5) is 0 Å². The summed E-state index contributed by atoms with van der Waals surface area (Å²) in [5.41, 5.74) is 8.28. The van der Waals surface area contributed by atoms with Crippen molar-refractivity contribution in [2.75, 3.05) is 27.3 Å². The van der Waals surface area contributed by atoms with Crippen molar-refractivity contribution in [2.45, 2.75) is 269 Å². The smallest absolute Gasteiger partial charge is 0.328 e. The molecular formula is C78H116ClN7O14. The predicted octanol–water partition coefficient (Wildman–Crippen LogP) is 14.4. The lowest BCUT2D eigenvalue weighted by Crippen LogP contribution is -2.57. The lowest BCUT2D eigenvalue weighted by molar-refractivity contribution is -0.153. The van der Waals surface area contributed by atoms with Crippen LogP contribution in [0.25, 0.3) is 0 Å². The molecule has 3 heterocycles. The number of carbonyl (C=O) groups excluding carboxylic acids is 6. The van der Waals surface area contributed by atoms with Crippen LogP contribution in [-0.4, -0.2) is 148 Å². The standard InChI is InChI=1S/C33H49N3O6.C21H34N2O4.C12H16ClNO2.C12H17NO2/c1-20(2)41-28-21(3)14-24(15-22(28)4)25-17-33(42-35-25)18-26(31(39)40-8)36(19-33)30(38)29(32(5,6)7)34-27(37)16-23-12-10-9-11-13-23;1-14-11-16(20(26)27-5)23(13-14)19(25)18(21(2,3)4)22-17(24)12-15-9-7-6-8-10-15;1-7(2)16-11-8(3)5-10(6-9(11)4)12(13)14-15;1-8(2)15-12-9(3)5-11(7-13-14)6-10(12)4/h14-15,20,23,26,29H,9-13,16-19H2,1-8H3,(H,34,37);15-16,18H,1,6-13H2,2-5H3,(H,22,24);5-7,15H,1-4H3;5-8,14H,1-4H3/b;;14-12-;13-7+/t26-,29+,33+;16-,18+;;/m00../s1. The number of benzene rings is 3. The molecule has 554 valence electrons. The average molecular weight is 1410 g/mol. The van der Waals surface area contributed by atoms with Crippen molar-refractivity contribution in [3.05, 3.63) is 98.6 Å². The number of hydrogen-bond acceptors (Lipinski definition) is 17. The Balaban J connectivity index is 0.000000265. The third kappa shape index (κ3) is 23.7. The van der Waals surface area contributed by atoms with Crippen molar-refractivity contribution in [1.29, 1.82) is 0 Å². The van der Waals surface area contributed by atoms with Gasteiger partial charge in [-0.3, -0.25) is 19.2 Å². The number of oxime groups is 3. The third-order valence-corrected chi connectivity index (χ3v) is 18.9. The van der Waals surface area contributed by atoms with Crippen molar-refractivity contribution >= 4 is 64.3 Å². The zero-order valence-corrected chi connectivity index (χ0v) is 64.1. The van der Waals surface area contributed by atoms with Crippen LogP contribution in [0.15, 0.2) is 64.0 Å². The molecule has 2 aliphatic carbocycles. The van der Waals surface area contributed by atoms with Gasteiger partial charge < -0.3 is 59.4 Å². The van der Waals surface area contributed by atoms with Gasteiger partial charge in [0.1, 0.15) is 41.4 Å². The van der Waals surface area contributed by atoms with Gasteiger partial charge in [0.2, 0.25) is 23.6 Å². The number of aryl methyl sites for hydroxylation is 6. The molecule has 0 aromatic heterocycles. The van der Waals surface area contributed by atoms with Crippen LogP contribution in [0.5, 0.6) is 17.2 Å². The van der Waals surface area contributed by atoms with Gasteiger partial charge in [0.15, 0.2) is 10.8 Å². The third-order valence-electron chi connectivity index (χ3n) is 18.6. The van der Waals surface area contributed by atoms with E-state index < -0.39 is 52.5 Å². The number of amides is 4. The monoisotopic (exact) mass is 1410 g/mol. The summed E-state index contributed by atoms with van der Waals surface area (Å²) in [7, 11) is 2.65. The Labute approximate surface area is 599 Å².